The Labute approximate surface area is 150 Å². The van der Waals surface area contributed by atoms with Gasteiger partial charge in [0.25, 0.3) is 11.8 Å². The number of para-hydroxylation sites is 1. The maximum absolute atomic E-state index is 11.8. The van der Waals surface area contributed by atoms with E-state index < -0.39 is 36.5 Å². The lowest BCUT2D eigenvalue weighted by Crippen LogP contribution is -2.44. The van der Waals surface area contributed by atoms with E-state index in [1.165, 1.54) is 6.92 Å². The topological polar surface area (TPSA) is 123 Å². The first kappa shape index (κ1) is 19.2. The molecule has 9 nitrogen and oxygen atoms in total. The van der Waals surface area contributed by atoms with Crippen LogP contribution in [0.3, 0.4) is 0 Å². The molecule has 0 spiro atoms. The van der Waals surface area contributed by atoms with Gasteiger partial charge in [-0.05, 0) is 31.9 Å². The lowest BCUT2D eigenvalue weighted by atomic mass is 10.3. The molecule has 1 aliphatic carbocycles. The molecule has 0 unspecified atom stereocenters. The molecule has 0 bridgehead atoms. The second-order valence-corrected chi connectivity index (χ2v) is 5.79. The molecule has 0 aromatic heterocycles. The van der Waals surface area contributed by atoms with E-state index in [0.717, 1.165) is 12.8 Å². The molecule has 2 rings (SSSR count). The molecule has 0 saturated heterocycles. The van der Waals surface area contributed by atoms with Crippen LogP contribution in [0.15, 0.2) is 30.3 Å². The molecule has 0 radical (unpaired) electrons. The van der Waals surface area contributed by atoms with E-state index in [1.54, 1.807) is 24.3 Å². The van der Waals surface area contributed by atoms with Crippen molar-refractivity contribution in [1.82, 2.24) is 16.0 Å². The number of carbonyl (C=O) groups excluding carboxylic acids is 4. The Morgan fingerprint density at radius 2 is 1.77 bits per heavy atom. The van der Waals surface area contributed by atoms with Crippen molar-refractivity contribution >= 4 is 23.8 Å². The number of carbonyl (C=O) groups is 4. The Hall–Kier alpha value is -3.10. The van der Waals surface area contributed by atoms with E-state index in [2.05, 4.69) is 16.0 Å². The fraction of sp³-hybridized carbons (Fsp3) is 0.412. The quantitative estimate of drug-likeness (QED) is 0.563. The van der Waals surface area contributed by atoms with Gasteiger partial charge in [-0.15, -0.1) is 0 Å². The number of urea groups is 1. The van der Waals surface area contributed by atoms with Gasteiger partial charge in [0.2, 0.25) is 0 Å². The molecule has 0 aliphatic heterocycles. The Morgan fingerprint density at radius 1 is 1.08 bits per heavy atom. The third-order valence-electron chi connectivity index (χ3n) is 3.36. The number of amides is 4. The van der Waals surface area contributed by atoms with E-state index in [4.69, 9.17) is 9.47 Å². The molecule has 3 N–H and O–H groups in total. The molecule has 4 amide bonds. The zero-order valence-electron chi connectivity index (χ0n) is 14.3. The summed E-state index contributed by atoms with van der Waals surface area (Å²) < 4.78 is 10.0. The number of hydrogen-bond acceptors (Lipinski definition) is 6. The smallest absolute Gasteiger partial charge is 0.328 e. The normalized spacial score (nSPS) is 13.9. The standard InChI is InChI=1S/C17H21N3O6/c1-11(18-14(21)9-25-13-5-3-2-4-6-13)16(23)26-10-15(22)20-17(24)19-12-7-8-12/h2-6,11-12H,7-10H2,1H3,(H,18,21)(H2,19,20,22,24)/t11-/m0/s1. The van der Waals surface area contributed by atoms with Crippen molar-refractivity contribution in [3.8, 4) is 5.75 Å². The van der Waals surface area contributed by atoms with E-state index in [9.17, 15) is 19.2 Å². The summed E-state index contributed by atoms with van der Waals surface area (Å²) in [5, 5.41) is 7.02. The molecule has 140 valence electrons. The van der Waals surface area contributed by atoms with Crippen LogP contribution < -0.4 is 20.7 Å². The van der Waals surface area contributed by atoms with Crippen LogP contribution in [0.2, 0.25) is 0 Å². The minimum absolute atomic E-state index is 0.110. The van der Waals surface area contributed by atoms with Gasteiger partial charge in [0.15, 0.2) is 13.2 Å². The molecule has 9 heteroatoms. The summed E-state index contributed by atoms with van der Waals surface area (Å²) in [4.78, 5) is 46.4. The number of esters is 1. The van der Waals surface area contributed by atoms with E-state index in [-0.39, 0.29) is 12.6 Å². The highest BCUT2D eigenvalue weighted by atomic mass is 16.5. The first-order valence-electron chi connectivity index (χ1n) is 8.18. The fourth-order valence-corrected chi connectivity index (χ4v) is 1.88. The number of imide groups is 1. The second-order valence-electron chi connectivity index (χ2n) is 5.79. The lowest BCUT2D eigenvalue weighted by molar-refractivity contribution is -0.151. The van der Waals surface area contributed by atoms with E-state index in [1.807, 2.05) is 6.07 Å². The summed E-state index contributed by atoms with van der Waals surface area (Å²) in [5.41, 5.74) is 0. The maximum Gasteiger partial charge on any atom is 0.328 e. The Bertz CT molecular complexity index is 660. The summed E-state index contributed by atoms with van der Waals surface area (Å²) in [6.07, 6.45) is 1.78. The van der Waals surface area contributed by atoms with Gasteiger partial charge < -0.3 is 20.1 Å². The summed E-state index contributed by atoms with van der Waals surface area (Å²) in [5.74, 6) is -1.52. The number of nitrogens with one attached hydrogen (secondary N) is 3. The van der Waals surface area contributed by atoms with Crippen LogP contribution in [0, 0.1) is 0 Å². The minimum atomic E-state index is -0.963. The van der Waals surface area contributed by atoms with Crippen LogP contribution in [0.1, 0.15) is 19.8 Å². The van der Waals surface area contributed by atoms with Crippen molar-refractivity contribution in [1.29, 1.82) is 0 Å². The number of hydrogen-bond donors (Lipinski definition) is 3. The molecule has 26 heavy (non-hydrogen) atoms. The van der Waals surface area contributed by atoms with Gasteiger partial charge in [-0.25, -0.2) is 9.59 Å². The molecular formula is C17H21N3O6. The summed E-state index contributed by atoms with van der Waals surface area (Å²) in [7, 11) is 0. The molecule has 1 aromatic carbocycles. The van der Waals surface area contributed by atoms with Gasteiger partial charge in [0.05, 0.1) is 0 Å². The number of ether oxygens (including phenoxy) is 2. The van der Waals surface area contributed by atoms with Crippen LogP contribution in [-0.2, 0) is 19.1 Å². The van der Waals surface area contributed by atoms with Crippen LogP contribution in [0.4, 0.5) is 4.79 Å². The maximum atomic E-state index is 11.8. The second kappa shape index (κ2) is 9.40. The van der Waals surface area contributed by atoms with Crippen molar-refractivity contribution < 1.29 is 28.7 Å². The number of benzene rings is 1. The Morgan fingerprint density at radius 3 is 2.42 bits per heavy atom. The number of rotatable bonds is 8. The average Bonchev–Trinajstić information content (AvgIpc) is 3.42. The monoisotopic (exact) mass is 363 g/mol. The summed E-state index contributed by atoms with van der Waals surface area (Å²) >= 11 is 0. The van der Waals surface area contributed by atoms with Crippen LogP contribution in [0.25, 0.3) is 0 Å². The fourth-order valence-electron chi connectivity index (χ4n) is 1.88. The van der Waals surface area contributed by atoms with Gasteiger partial charge in [0.1, 0.15) is 11.8 Å². The highest BCUT2D eigenvalue weighted by molar-refractivity contribution is 5.96. The van der Waals surface area contributed by atoms with Crippen LogP contribution >= 0.6 is 0 Å². The first-order valence-corrected chi connectivity index (χ1v) is 8.18. The Balaban J connectivity index is 1.62. The van der Waals surface area contributed by atoms with E-state index in [0.29, 0.717) is 5.75 Å². The van der Waals surface area contributed by atoms with Gasteiger partial charge in [-0.3, -0.25) is 14.9 Å². The highest BCUT2D eigenvalue weighted by Gasteiger charge is 2.24. The van der Waals surface area contributed by atoms with Crippen LogP contribution in [0.5, 0.6) is 5.75 Å². The minimum Gasteiger partial charge on any atom is -0.484 e. The molecule has 1 aromatic rings. The predicted octanol–water partition coefficient (Wildman–Crippen LogP) is 0.102. The SMILES string of the molecule is C[C@H](NC(=O)COc1ccccc1)C(=O)OCC(=O)NC(=O)NC1CC1. The first-order chi connectivity index (χ1) is 12.4. The molecule has 0 heterocycles. The Kier molecular flexibility index (Phi) is 6.95. The van der Waals surface area contributed by atoms with Gasteiger partial charge >= 0.3 is 12.0 Å². The summed E-state index contributed by atoms with van der Waals surface area (Å²) in [6.45, 7) is 0.543. The van der Waals surface area contributed by atoms with E-state index >= 15 is 0 Å². The zero-order chi connectivity index (χ0) is 18.9. The third-order valence-corrected chi connectivity index (χ3v) is 3.36. The molecular weight excluding hydrogens is 342 g/mol. The highest BCUT2D eigenvalue weighted by Crippen LogP contribution is 2.18. The average molecular weight is 363 g/mol. The summed E-state index contributed by atoms with van der Waals surface area (Å²) in [6, 6.07) is 7.27. The largest absolute Gasteiger partial charge is 0.484 e. The zero-order valence-corrected chi connectivity index (χ0v) is 14.3. The van der Waals surface area contributed by atoms with Crippen molar-refractivity contribution in [3.05, 3.63) is 30.3 Å². The van der Waals surface area contributed by atoms with Crippen molar-refractivity contribution in [3.63, 3.8) is 0 Å². The molecule has 1 atom stereocenters. The van der Waals surface area contributed by atoms with Gasteiger partial charge in [-0.1, -0.05) is 18.2 Å². The molecule has 1 saturated carbocycles. The van der Waals surface area contributed by atoms with Crippen molar-refractivity contribution in [2.75, 3.05) is 13.2 Å². The lowest BCUT2D eigenvalue weighted by Gasteiger charge is -2.13. The third kappa shape index (κ3) is 7.20. The predicted molar refractivity (Wildman–Crippen MR) is 90.2 cm³/mol. The van der Waals surface area contributed by atoms with Crippen molar-refractivity contribution in [2.45, 2.75) is 31.8 Å². The van der Waals surface area contributed by atoms with Gasteiger partial charge in [-0.2, -0.15) is 0 Å². The van der Waals surface area contributed by atoms with Gasteiger partial charge in [0, 0.05) is 6.04 Å². The molecule has 1 fully saturated rings. The molecule has 1 aliphatic rings. The van der Waals surface area contributed by atoms with Crippen molar-refractivity contribution in [2.24, 2.45) is 0 Å². The van der Waals surface area contributed by atoms with Crippen LogP contribution in [-0.4, -0.2) is 49.1 Å².